The van der Waals surface area contributed by atoms with Gasteiger partial charge in [-0.3, -0.25) is 4.68 Å². The van der Waals surface area contributed by atoms with Crippen molar-refractivity contribution in [3.63, 3.8) is 0 Å². The summed E-state index contributed by atoms with van der Waals surface area (Å²) in [6.07, 6.45) is -4.64. The van der Waals surface area contributed by atoms with E-state index >= 15 is 0 Å². The summed E-state index contributed by atoms with van der Waals surface area (Å²) >= 11 is 0. The van der Waals surface area contributed by atoms with Gasteiger partial charge in [0.1, 0.15) is 11.5 Å². The lowest BCUT2D eigenvalue weighted by Crippen LogP contribution is -2.06. The van der Waals surface area contributed by atoms with Crippen molar-refractivity contribution >= 4 is 5.69 Å². The van der Waals surface area contributed by atoms with Crippen LogP contribution in [-0.2, 0) is 13.2 Å². The van der Waals surface area contributed by atoms with Gasteiger partial charge < -0.3 is 5.73 Å². The second-order valence-corrected chi connectivity index (χ2v) is 3.86. The van der Waals surface area contributed by atoms with Crippen LogP contribution in [0.3, 0.4) is 0 Å². The minimum atomic E-state index is -4.64. The highest BCUT2D eigenvalue weighted by molar-refractivity contribution is 5.66. The molecule has 2 rings (SSSR count). The van der Waals surface area contributed by atoms with Crippen molar-refractivity contribution in [1.29, 1.82) is 0 Å². The van der Waals surface area contributed by atoms with Gasteiger partial charge in [0.05, 0.1) is 5.69 Å². The van der Waals surface area contributed by atoms with Crippen molar-refractivity contribution in [2.45, 2.75) is 6.18 Å². The zero-order valence-corrected chi connectivity index (χ0v) is 9.59. The van der Waals surface area contributed by atoms with Crippen molar-refractivity contribution in [2.24, 2.45) is 7.05 Å². The lowest BCUT2D eigenvalue weighted by Gasteiger charge is -2.06. The molecule has 2 aromatic rings. The molecule has 0 spiro atoms. The first-order valence-corrected chi connectivity index (χ1v) is 5.07. The largest absolute Gasteiger partial charge is 0.435 e. The Morgan fingerprint density at radius 2 is 1.84 bits per heavy atom. The smallest absolute Gasteiger partial charge is 0.394 e. The maximum atomic E-state index is 13.7. The number of nitrogens with two attached hydrogens (primary N) is 1. The van der Waals surface area contributed by atoms with Crippen molar-refractivity contribution < 1.29 is 22.0 Å². The number of benzene rings is 1. The highest BCUT2D eigenvalue weighted by Crippen LogP contribution is 2.33. The van der Waals surface area contributed by atoms with Crippen LogP contribution in [0.25, 0.3) is 11.3 Å². The van der Waals surface area contributed by atoms with E-state index in [1.807, 2.05) is 0 Å². The fourth-order valence-electron chi connectivity index (χ4n) is 1.63. The minimum Gasteiger partial charge on any atom is -0.394 e. The highest BCUT2D eigenvalue weighted by Gasteiger charge is 2.35. The van der Waals surface area contributed by atoms with E-state index in [0.29, 0.717) is 6.07 Å². The molecule has 0 radical (unpaired) electrons. The fraction of sp³-hybridized carbons (Fsp3) is 0.182. The van der Waals surface area contributed by atoms with E-state index in [0.717, 1.165) is 16.8 Å². The molecule has 0 aliphatic rings. The molecule has 0 saturated carbocycles. The third-order valence-corrected chi connectivity index (χ3v) is 2.57. The Bertz CT molecular complexity index is 630. The first-order chi connectivity index (χ1) is 8.71. The molecule has 0 bridgehead atoms. The lowest BCUT2D eigenvalue weighted by molar-refractivity contribution is -0.141. The van der Waals surface area contributed by atoms with Crippen LogP contribution in [0.2, 0.25) is 0 Å². The van der Waals surface area contributed by atoms with E-state index in [1.165, 1.54) is 7.05 Å². The number of aromatic nitrogens is 2. The van der Waals surface area contributed by atoms with Crippen molar-refractivity contribution in [2.75, 3.05) is 5.73 Å². The zero-order chi connectivity index (χ0) is 14.4. The molecule has 19 heavy (non-hydrogen) atoms. The molecule has 1 aromatic carbocycles. The summed E-state index contributed by atoms with van der Waals surface area (Å²) in [6, 6.07) is 2.57. The molecule has 3 nitrogen and oxygen atoms in total. The fourth-order valence-corrected chi connectivity index (χ4v) is 1.63. The molecule has 0 aliphatic carbocycles. The molecule has 8 heteroatoms. The van der Waals surface area contributed by atoms with Crippen LogP contribution in [0.1, 0.15) is 5.69 Å². The van der Waals surface area contributed by atoms with E-state index in [4.69, 9.17) is 5.73 Å². The maximum Gasteiger partial charge on any atom is 0.435 e. The number of nitrogen functional groups attached to an aromatic ring is 1. The van der Waals surface area contributed by atoms with Gasteiger partial charge in [0.2, 0.25) is 0 Å². The SMILES string of the molecule is Cn1nc(C(F)(F)F)cc1-c1ccc(F)c(N)c1F. The Morgan fingerprint density at radius 1 is 1.21 bits per heavy atom. The van der Waals surface area contributed by atoms with Gasteiger partial charge in [0.15, 0.2) is 11.5 Å². The molecule has 0 atom stereocenters. The summed E-state index contributed by atoms with van der Waals surface area (Å²) in [6.45, 7) is 0. The predicted octanol–water partition coefficient (Wildman–Crippen LogP) is 2.97. The minimum absolute atomic E-state index is 0.142. The molecular formula is C11H8F5N3. The highest BCUT2D eigenvalue weighted by atomic mass is 19.4. The van der Waals surface area contributed by atoms with Gasteiger partial charge in [-0.2, -0.15) is 18.3 Å². The number of nitrogens with zero attached hydrogens (tertiary/aromatic N) is 2. The first-order valence-electron chi connectivity index (χ1n) is 5.07. The second-order valence-electron chi connectivity index (χ2n) is 3.86. The van der Waals surface area contributed by atoms with Gasteiger partial charge in [-0.15, -0.1) is 0 Å². The molecule has 0 amide bonds. The van der Waals surface area contributed by atoms with Crippen molar-refractivity contribution in [1.82, 2.24) is 9.78 Å². The standard InChI is InChI=1S/C11H8F5N3/c1-19-7(4-8(18-19)11(14,15)16)5-2-3-6(12)10(17)9(5)13/h2-4H,17H2,1H3. The average molecular weight is 277 g/mol. The molecule has 1 heterocycles. The average Bonchev–Trinajstić information content (AvgIpc) is 2.68. The Kier molecular flexibility index (Phi) is 2.95. The lowest BCUT2D eigenvalue weighted by atomic mass is 10.1. The number of alkyl halides is 3. The molecule has 1 aromatic heterocycles. The van der Waals surface area contributed by atoms with Crippen molar-refractivity contribution in [3.05, 3.63) is 35.5 Å². The summed E-state index contributed by atoms with van der Waals surface area (Å²) in [4.78, 5) is 0. The van der Waals surface area contributed by atoms with Crippen LogP contribution in [0.4, 0.5) is 27.6 Å². The van der Waals surface area contributed by atoms with E-state index in [2.05, 4.69) is 5.10 Å². The summed E-state index contributed by atoms with van der Waals surface area (Å²) in [5.74, 6) is -2.09. The molecule has 0 saturated heterocycles. The van der Waals surface area contributed by atoms with Crippen LogP contribution in [-0.4, -0.2) is 9.78 Å². The number of halogens is 5. The van der Waals surface area contributed by atoms with E-state index in [-0.39, 0.29) is 11.3 Å². The van der Waals surface area contributed by atoms with Crippen LogP contribution in [0.15, 0.2) is 18.2 Å². The van der Waals surface area contributed by atoms with Gasteiger partial charge in [-0.25, -0.2) is 8.78 Å². The number of rotatable bonds is 1. The zero-order valence-electron chi connectivity index (χ0n) is 9.59. The first kappa shape index (κ1) is 13.3. The van der Waals surface area contributed by atoms with E-state index in [9.17, 15) is 22.0 Å². The van der Waals surface area contributed by atoms with Gasteiger partial charge in [0, 0.05) is 12.6 Å². The molecular weight excluding hydrogens is 269 g/mol. The van der Waals surface area contributed by atoms with Crippen LogP contribution in [0, 0.1) is 11.6 Å². The van der Waals surface area contributed by atoms with Gasteiger partial charge in [0.25, 0.3) is 0 Å². The van der Waals surface area contributed by atoms with Crippen LogP contribution >= 0.6 is 0 Å². The Balaban J connectivity index is 2.60. The maximum absolute atomic E-state index is 13.7. The number of anilines is 1. The Labute approximate surface area is 104 Å². The monoisotopic (exact) mass is 277 g/mol. The Hall–Kier alpha value is -2.12. The van der Waals surface area contributed by atoms with E-state index in [1.54, 1.807) is 0 Å². The summed E-state index contributed by atoms with van der Waals surface area (Å²) in [7, 11) is 1.23. The molecule has 0 fully saturated rings. The molecule has 2 N–H and O–H groups in total. The Morgan fingerprint density at radius 3 is 2.37 bits per heavy atom. The van der Waals surface area contributed by atoms with Gasteiger partial charge >= 0.3 is 6.18 Å². The van der Waals surface area contributed by atoms with Crippen LogP contribution in [0.5, 0.6) is 0 Å². The predicted molar refractivity (Wildman–Crippen MR) is 58.0 cm³/mol. The van der Waals surface area contributed by atoms with Crippen molar-refractivity contribution in [3.8, 4) is 11.3 Å². The summed E-state index contributed by atoms with van der Waals surface area (Å²) in [5.41, 5.74) is 2.87. The molecule has 0 aliphatic heterocycles. The summed E-state index contributed by atoms with van der Waals surface area (Å²) in [5, 5.41) is 3.24. The number of hydrogen-bond donors (Lipinski definition) is 1. The van der Waals surface area contributed by atoms with Gasteiger partial charge in [-0.05, 0) is 18.2 Å². The normalized spacial score (nSPS) is 11.9. The van der Waals surface area contributed by atoms with E-state index < -0.39 is 29.2 Å². The number of hydrogen-bond acceptors (Lipinski definition) is 2. The third-order valence-electron chi connectivity index (χ3n) is 2.57. The number of aryl methyl sites for hydroxylation is 1. The third kappa shape index (κ3) is 2.25. The molecule has 102 valence electrons. The summed E-state index contributed by atoms with van der Waals surface area (Å²) < 4.78 is 65.1. The van der Waals surface area contributed by atoms with Gasteiger partial charge in [-0.1, -0.05) is 0 Å². The second kappa shape index (κ2) is 4.22. The topological polar surface area (TPSA) is 43.8 Å². The quantitative estimate of drug-likeness (QED) is 0.643. The van der Waals surface area contributed by atoms with Crippen LogP contribution < -0.4 is 5.73 Å². The molecule has 0 unspecified atom stereocenters.